The van der Waals surface area contributed by atoms with E-state index < -0.39 is 6.04 Å². The van der Waals surface area contributed by atoms with Crippen molar-refractivity contribution in [2.75, 3.05) is 0 Å². The molecular weight excluding hydrogens is 479 g/mol. The molecule has 0 bridgehead atoms. The lowest BCUT2D eigenvalue weighted by molar-refractivity contribution is 0.396. The maximum Gasteiger partial charge on any atom is 0.258 e. The summed E-state index contributed by atoms with van der Waals surface area (Å²) in [6.45, 7) is 2.57. The second-order valence-corrected chi connectivity index (χ2v) is 9.39. The first-order chi connectivity index (χ1) is 16.0. The Kier molecular flexibility index (Phi) is 5.97. The molecule has 0 saturated heterocycles. The van der Waals surface area contributed by atoms with E-state index in [4.69, 9.17) is 28.3 Å². The summed E-state index contributed by atoms with van der Waals surface area (Å²) < 4.78 is 19.8. The molecule has 1 unspecified atom stereocenters. The van der Waals surface area contributed by atoms with Crippen molar-refractivity contribution < 1.29 is 8.91 Å². The third kappa shape index (κ3) is 4.42. The molecule has 166 valence electrons. The molecule has 4 aromatic rings. The summed E-state index contributed by atoms with van der Waals surface area (Å²) in [5, 5.41) is 10.7. The van der Waals surface area contributed by atoms with Crippen LogP contribution in [0.15, 0.2) is 76.3 Å². The first-order valence-corrected chi connectivity index (χ1v) is 11.8. The Morgan fingerprint density at radius 2 is 2.03 bits per heavy atom. The molecule has 5 rings (SSSR count). The highest BCUT2D eigenvalue weighted by atomic mass is 35.5. The molecule has 0 radical (unpaired) electrons. The molecule has 2 aromatic heterocycles. The number of nitrogens with zero attached hydrogens (tertiary/aromatic N) is 3. The molecule has 33 heavy (non-hydrogen) atoms. The molecular formula is C24H18ClFN4OS2. The van der Waals surface area contributed by atoms with Gasteiger partial charge in [0, 0.05) is 21.2 Å². The Balaban J connectivity index is 1.61. The van der Waals surface area contributed by atoms with Crippen molar-refractivity contribution >= 4 is 45.8 Å². The molecule has 0 amide bonds. The summed E-state index contributed by atoms with van der Waals surface area (Å²) in [4.78, 5) is 7.81. The minimum atomic E-state index is -0.444. The summed E-state index contributed by atoms with van der Waals surface area (Å²) in [6, 6.07) is 17.3. The van der Waals surface area contributed by atoms with Crippen molar-refractivity contribution in [3.8, 4) is 11.4 Å². The van der Waals surface area contributed by atoms with Crippen molar-refractivity contribution in [3.63, 3.8) is 0 Å². The smallest absolute Gasteiger partial charge is 0.258 e. The van der Waals surface area contributed by atoms with Crippen LogP contribution in [0.3, 0.4) is 0 Å². The SMILES string of the molecule is CC1=C(c2nc(-c3cccc(Cl)c3)no2)C(c2cccc(F)c2)NC(=S)N1Cc1cccs1. The molecule has 1 N–H and O–H groups in total. The van der Waals surface area contributed by atoms with Gasteiger partial charge in [0.05, 0.1) is 18.2 Å². The lowest BCUT2D eigenvalue weighted by Crippen LogP contribution is -2.45. The number of benzene rings is 2. The van der Waals surface area contributed by atoms with Gasteiger partial charge in [-0.05, 0) is 60.4 Å². The first-order valence-electron chi connectivity index (χ1n) is 10.2. The van der Waals surface area contributed by atoms with Crippen molar-refractivity contribution in [3.05, 3.63) is 98.9 Å². The van der Waals surface area contributed by atoms with E-state index in [2.05, 4.69) is 21.5 Å². The average Bonchev–Trinajstić information content (AvgIpc) is 3.49. The van der Waals surface area contributed by atoms with E-state index in [9.17, 15) is 4.39 Å². The normalized spacial score (nSPS) is 16.3. The quantitative estimate of drug-likeness (QED) is 0.320. The van der Waals surface area contributed by atoms with E-state index in [0.717, 1.165) is 21.7 Å². The predicted molar refractivity (Wildman–Crippen MR) is 132 cm³/mol. The van der Waals surface area contributed by atoms with Crippen LogP contribution in [-0.4, -0.2) is 20.2 Å². The molecule has 1 aliphatic rings. The lowest BCUT2D eigenvalue weighted by atomic mass is 9.94. The molecule has 1 aliphatic heterocycles. The number of nitrogens with one attached hydrogen (secondary N) is 1. The van der Waals surface area contributed by atoms with Gasteiger partial charge in [-0.15, -0.1) is 11.3 Å². The van der Waals surface area contributed by atoms with E-state index in [-0.39, 0.29) is 5.82 Å². The minimum absolute atomic E-state index is 0.330. The van der Waals surface area contributed by atoms with Crippen LogP contribution >= 0.6 is 35.2 Å². The zero-order valence-corrected chi connectivity index (χ0v) is 19.8. The van der Waals surface area contributed by atoms with E-state index in [0.29, 0.717) is 34.0 Å². The standard InChI is InChI=1S/C24H18ClFN4OS2/c1-14-20(23-28-22(29-31-23)16-6-2-7-17(25)11-16)21(15-5-3-8-18(26)12-15)27-24(32)30(14)13-19-9-4-10-33-19/h2-12,21H,13H2,1H3,(H,27,32). The fourth-order valence-corrected chi connectivity index (χ4v) is 5.02. The van der Waals surface area contributed by atoms with E-state index in [1.54, 1.807) is 29.5 Å². The zero-order valence-electron chi connectivity index (χ0n) is 17.5. The highest BCUT2D eigenvalue weighted by Gasteiger charge is 2.34. The highest BCUT2D eigenvalue weighted by molar-refractivity contribution is 7.80. The molecule has 1 atom stereocenters. The largest absolute Gasteiger partial charge is 0.351 e. The lowest BCUT2D eigenvalue weighted by Gasteiger charge is -2.37. The van der Waals surface area contributed by atoms with Gasteiger partial charge >= 0.3 is 0 Å². The van der Waals surface area contributed by atoms with Gasteiger partial charge in [-0.3, -0.25) is 0 Å². The summed E-state index contributed by atoms with van der Waals surface area (Å²) in [6.07, 6.45) is 0. The number of rotatable bonds is 5. The third-order valence-electron chi connectivity index (χ3n) is 5.41. The fourth-order valence-electron chi connectivity index (χ4n) is 3.82. The predicted octanol–water partition coefficient (Wildman–Crippen LogP) is 6.45. The highest BCUT2D eigenvalue weighted by Crippen LogP contribution is 2.38. The van der Waals surface area contributed by atoms with Crippen molar-refractivity contribution in [1.29, 1.82) is 0 Å². The van der Waals surface area contributed by atoms with Crippen LogP contribution in [0.5, 0.6) is 0 Å². The molecule has 3 heterocycles. The molecule has 5 nitrogen and oxygen atoms in total. The summed E-state index contributed by atoms with van der Waals surface area (Å²) in [7, 11) is 0. The Labute approximate surface area is 204 Å². The Morgan fingerprint density at radius 1 is 1.18 bits per heavy atom. The van der Waals surface area contributed by atoms with E-state index in [1.807, 2.05) is 41.5 Å². The number of hydrogen-bond acceptors (Lipinski definition) is 5. The number of allylic oxidation sites excluding steroid dienone is 1. The molecule has 0 aliphatic carbocycles. The van der Waals surface area contributed by atoms with Gasteiger partial charge in [-0.25, -0.2) is 4.39 Å². The number of aromatic nitrogens is 2. The van der Waals surface area contributed by atoms with Crippen molar-refractivity contribution in [2.45, 2.75) is 19.5 Å². The molecule has 2 aromatic carbocycles. The van der Waals surface area contributed by atoms with Crippen LogP contribution in [0.1, 0.15) is 29.3 Å². The van der Waals surface area contributed by atoms with Crippen LogP contribution in [0.2, 0.25) is 5.02 Å². The van der Waals surface area contributed by atoms with Gasteiger partial charge in [0.15, 0.2) is 5.11 Å². The summed E-state index contributed by atoms with van der Waals surface area (Å²) >= 11 is 13.5. The molecule has 0 spiro atoms. The average molecular weight is 497 g/mol. The van der Waals surface area contributed by atoms with E-state index >= 15 is 0 Å². The third-order valence-corrected chi connectivity index (χ3v) is 6.85. The van der Waals surface area contributed by atoms with Gasteiger partial charge in [0.2, 0.25) is 5.82 Å². The van der Waals surface area contributed by atoms with Gasteiger partial charge in [0.1, 0.15) is 5.82 Å². The van der Waals surface area contributed by atoms with E-state index in [1.165, 1.54) is 12.1 Å². The number of thiophene rings is 1. The zero-order chi connectivity index (χ0) is 22.9. The molecule has 0 fully saturated rings. The fraction of sp³-hybridized carbons (Fsp3) is 0.125. The van der Waals surface area contributed by atoms with Crippen LogP contribution in [0, 0.1) is 5.82 Å². The van der Waals surface area contributed by atoms with Crippen LogP contribution in [0.4, 0.5) is 4.39 Å². The second kappa shape index (κ2) is 9.05. The number of thiocarbonyl (C=S) groups is 1. The molecule has 0 saturated carbocycles. The van der Waals surface area contributed by atoms with Gasteiger partial charge < -0.3 is 14.7 Å². The van der Waals surface area contributed by atoms with Crippen molar-refractivity contribution in [1.82, 2.24) is 20.4 Å². The Bertz CT molecular complexity index is 1350. The second-order valence-electron chi connectivity index (χ2n) is 7.54. The molecule has 9 heteroatoms. The first kappa shape index (κ1) is 21.8. The monoisotopic (exact) mass is 496 g/mol. The summed E-state index contributed by atoms with van der Waals surface area (Å²) in [5.41, 5.74) is 3.06. The topological polar surface area (TPSA) is 54.2 Å². The van der Waals surface area contributed by atoms with Crippen LogP contribution in [-0.2, 0) is 6.54 Å². The number of halogens is 2. The Morgan fingerprint density at radius 3 is 2.79 bits per heavy atom. The van der Waals surface area contributed by atoms with Gasteiger partial charge in [-0.2, -0.15) is 4.98 Å². The maximum absolute atomic E-state index is 14.1. The van der Waals surface area contributed by atoms with Crippen molar-refractivity contribution in [2.24, 2.45) is 0 Å². The Hall–Kier alpha value is -3.07. The van der Waals surface area contributed by atoms with Gasteiger partial charge in [-0.1, -0.05) is 47.1 Å². The van der Waals surface area contributed by atoms with Crippen LogP contribution < -0.4 is 5.32 Å². The minimum Gasteiger partial charge on any atom is -0.351 e. The van der Waals surface area contributed by atoms with Crippen LogP contribution in [0.25, 0.3) is 17.0 Å². The number of hydrogen-bond donors (Lipinski definition) is 1. The van der Waals surface area contributed by atoms with Gasteiger partial charge in [0.25, 0.3) is 5.89 Å². The maximum atomic E-state index is 14.1. The summed E-state index contributed by atoms with van der Waals surface area (Å²) in [5.74, 6) is 0.426.